The van der Waals surface area contributed by atoms with Crippen molar-refractivity contribution < 1.29 is 14.3 Å². The molecule has 0 aromatic heterocycles. The van der Waals surface area contributed by atoms with E-state index in [9.17, 15) is 4.79 Å². The number of hydrogen-bond donors (Lipinski definition) is 0. The van der Waals surface area contributed by atoms with E-state index in [1.54, 1.807) is 13.2 Å². The lowest BCUT2D eigenvalue weighted by Gasteiger charge is -2.18. The second-order valence-electron chi connectivity index (χ2n) is 5.51. The fourth-order valence-corrected chi connectivity index (χ4v) is 2.02. The summed E-state index contributed by atoms with van der Waals surface area (Å²) < 4.78 is 10.7. The summed E-state index contributed by atoms with van der Waals surface area (Å²) in [6, 6.07) is 7.61. The molecule has 0 bridgehead atoms. The lowest BCUT2D eigenvalue weighted by molar-refractivity contribution is 0.00155. The zero-order valence-electron chi connectivity index (χ0n) is 13.0. The van der Waals surface area contributed by atoms with Gasteiger partial charge in [0.05, 0.1) is 12.2 Å². The van der Waals surface area contributed by atoms with Crippen LogP contribution < -0.4 is 0 Å². The van der Waals surface area contributed by atoms with Crippen LogP contribution in [0, 0.1) is 5.92 Å². The van der Waals surface area contributed by atoms with Crippen molar-refractivity contribution in [1.29, 1.82) is 0 Å². The van der Waals surface area contributed by atoms with Gasteiger partial charge in [-0.2, -0.15) is 0 Å². The average molecular weight is 278 g/mol. The average Bonchev–Trinajstić information content (AvgIpc) is 2.45. The molecule has 0 heterocycles. The Morgan fingerprint density at radius 2 is 2.00 bits per heavy atom. The summed E-state index contributed by atoms with van der Waals surface area (Å²) in [7, 11) is 1.63. The van der Waals surface area contributed by atoms with Crippen LogP contribution in [0.1, 0.15) is 49.5 Å². The third-order valence-electron chi connectivity index (χ3n) is 3.26. The van der Waals surface area contributed by atoms with Gasteiger partial charge in [0.2, 0.25) is 0 Å². The van der Waals surface area contributed by atoms with E-state index in [4.69, 9.17) is 9.47 Å². The van der Waals surface area contributed by atoms with Crippen molar-refractivity contribution >= 4 is 5.97 Å². The van der Waals surface area contributed by atoms with Crippen LogP contribution in [0.25, 0.3) is 0 Å². The maximum atomic E-state index is 12.2. The monoisotopic (exact) mass is 278 g/mol. The maximum Gasteiger partial charge on any atom is 0.338 e. The zero-order valence-corrected chi connectivity index (χ0v) is 13.0. The summed E-state index contributed by atoms with van der Waals surface area (Å²) in [4.78, 5) is 12.2. The van der Waals surface area contributed by atoms with E-state index in [0.717, 1.165) is 24.8 Å². The van der Waals surface area contributed by atoms with Crippen LogP contribution in [0.15, 0.2) is 24.3 Å². The van der Waals surface area contributed by atoms with E-state index >= 15 is 0 Å². The van der Waals surface area contributed by atoms with Gasteiger partial charge in [0.15, 0.2) is 0 Å². The largest absolute Gasteiger partial charge is 0.456 e. The molecule has 0 saturated carbocycles. The number of hydrogen-bond acceptors (Lipinski definition) is 3. The molecule has 20 heavy (non-hydrogen) atoms. The Labute approximate surface area is 122 Å². The minimum absolute atomic E-state index is 0.166. The van der Waals surface area contributed by atoms with Gasteiger partial charge < -0.3 is 9.47 Å². The molecule has 0 saturated heterocycles. The van der Waals surface area contributed by atoms with Crippen molar-refractivity contribution in [1.82, 2.24) is 0 Å². The summed E-state index contributed by atoms with van der Waals surface area (Å²) >= 11 is 0. The normalized spacial score (nSPS) is 12.4. The lowest BCUT2D eigenvalue weighted by atomic mass is 10.1. The Balaban J connectivity index is 2.64. The Bertz CT molecular complexity index is 412. The Morgan fingerprint density at radius 3 is 2.60 bits per heavy atom. The fraction of sp³-hybridized carbons (Fsp3) is 0.588. The molecule has 0 aliphatic rings. The van der Waals surface area contributed by atoms with Gasteiger partial charge in [-0.05, 0) is 42.9 Å². The van der Waals surface area contributed by atoms with Crippen LogP contribution in [-0.2, 0) is 15.9 Å². The maximum absolute atomic E-state index is 12.2. The van der Waals surface area contributed by atoms with Crippen molar-refractivity contribution in [2.75, 3.05) is 13.7 Å². The van der Waals surface area contributed by atoms with Gasteiger partial charge >= 0.3 is 5.97 Å². The third kappa shape index (κ3) is 5.74. The van der Waals surface area contributed by atoms with Gasteiger partial charge in [0.25, 0.3) is 0 Å². The van der Waals surface area contributed by atoms with Gasteiger partial charge in [-0.25, -0.2) is 4.79 Å². The number of benzene rings is 1. The van der Waals surface area contributed by atoms with E-state index in [1.807, 2.05) is 18.2 Å². The standard InChI is InChI=1S/C17H26O3/c1-5-14-7-6-8-15(11-14)17(18)20-16(12-19-4)10-9-13(2)3/h6-8,11,13,16H,5,9-10,12H2,1-4H3. The molecule has 0 aliphatic carbocycles. The van der Waals surface area contributed by atoms with Crippen LogP contribution >= 0.6 is 0 Å². The predicted octanol–water partition coefficient (Wildman–Crippen LogP) is 3.86. The second-order valence-corrected chi connectivity index (χ2v) is 5.51. The summed E-state index contributed by atoms with van der Waals surface area (Å²) in [6.45, 7) is 6.85. The number of esters is 1. The lowest BCUT2D eigenvalue weighted by Crippen LogP contribution is -2.23. The topological polar surface area (TPSA) is 35.5 Å². The van der Waals surface area contributed by atoms with Crippen LogP contribution in [0.5, 0.6) is 0 Å². The molecule has 1 aromatic rings. The quantitative estimate of drug-likeness (QED) is 0.677. The first-order valence-corrected chi connectivity index (χ1v) is 7.35. The van der Waals surface area contributed by atoms with E-state index in [1.165, 1.54) is 0 Å². The summed E-state index contributed by atoms with van der Waals surface area (Å²) in [6.07, 6.45) is 2.61. The SMILES string of the molecule is CCc1cccc(C(=O)OC(CCC(C)C)COC)c1. The van der Waals surface area contributed by atoms with Crippen molar-refractivity contribution in [2.24, 2.45) is 5.92 Å². The molecular formula is C17H26O3. The first-order valence-electron chi connectivity index (χ1n) is 7.35. The number of aryl methyl sites for hydroxylation is 1. The summed E-state index contributed by atoms with van der Waals surface area (Å²) in [5.74, 6) is 0.336. The number of carbonyl (C=O) groups excluding carboxylic acids is 1. The van der Waals surface area contributed by atoms with Crippen molar-refractivity contribution in [3.05, 3.63) is 35.4 Å². The first kappa shape index (κ1) is 16.7. The van der Waals surface area contributed by atoms with Gasteiger partial charge in [-0.3, -0.25) is 0 Å². The van der Waals surface area contributed by atoms with Gasteiger partial charge in [0.1, 0.15) is 6.10 Å². The predicted molar refractivity (Wildman–Crippen MR) is 81.0 cm³/mol. The van der Waals surface area contributed by atoms with Crippen molar-refractivity contribution in [3.63, 3.8) is 0 Å². The Hall–Kier alpha value is -1.35. The Morgan fingerprint density at radius 1 is 1.25 bits per heavy atom. The molecule has 0 fully saturated rings. The van der Waals surface area contributed by atoms with Crippen LogP contribution in [0.4, 0.5) is 0 Å². The van der Waals surface area contributed by atoms with Gasteiger partial charge in [-0.1, -0.05) is 32.9 Å². The zero-order chi connectivity index (χ0) is 15.0. The highest BCUT2D eigenvalue weighted by Gasteiger charge is 2.16. The third-order valence-corrected chi connectivity index (χ3v) is 3.26. The minimum atomic E-state index is -0.258. The molecular weight excluding hydrogens is 252 g/mol. The number of rotatable bonds is 8. The molecule has 0 N–H and O–H groups in total. The highest BCUT2D eigenvalue weighted by atomic mass is 16.6. The van der Waals surface area contributed by atoms with Crippen molar-refractivity contribution in [3.8, 4) is 0 Å². The van der Waals surface area contributed by atoms with E-state index < -0.39 is 0 Å². The van der Waals surface area contributed by atoms with Crippen LogP contribution in [-0.4, -0.2) is 25.8 Å². The highest BCUT2D eigenvalue weighted by Crippen LogP contribution is 2.13. The molecule has 3 heteroatoms. The molecule has 1 aromatic carbocycles. The number of methoxy groups -OCH3 is 1. The molecule has 1 unspecified atom stereocenters. The second kappa shape index (κ2) is 8.75. The van der Waals surface area contributed by atoms with E-state index in [0.29, 0.717) is 18.1 Å². The van der Waals surface area contributed by atoms with Crippen LogP contribution in [0.2, 0.25) is 0 Å². The fourth-order valence-electron chi connectivity index (χ4n) is 2.02. The van der Waals surface area contributed by atoms with E-state index in [-0.39, 0.29) is 12.1 Å². The van der Waals surface area contributed by atoms with E-state index in [2.05, 4.69) is 20.8 Å². The highest BCUT2D eigenvalue weighted by molar-refractivity contribution is 5.89. The van der Waals surface area contributed by atoms with Gasteiger partial charge in [-0.15, -0.1) is 0 Å². The summed E-state index contributed by atoms with van der Waals surface area (Å²) in [5.41, 5.74) is 1.76. The number of ether oxygens (including phenoxy) is 2. The summed E-state index contributed by atoms with van der Waals surface area (Å²) in [5, 5.41) is 0. The smallest absolute Gasteiger partial charge is 0.338 e. The van der Waals surface area contributed by atoms with Crippen molar-refractivity contribution in [2.45, 2.75) is 46.1 Å². The molecule has 3 nitrogen and oxygen atoms in total. The first-order chi connectivity index (χ1) is 9.56. The minimum Gasteiger partial charge on any atom is -0.456 e. The molecule has 1 atom stereocenters. The number of carbonyl (C=O) groups is 1. The molecule has 0 aliphatic heterocycles. The molecule has 0 spiro atoms. The molecule has 0 radical (unpaired) electrons. The molecule has 112 valence electrons. The molecule has 1 rings (SSSR count). The van der Waals surface area contributed by atoms with Crippen LogP contribution in [0.3, 0.4) is 0 Å². The Kier molecular flexibility index (Phi) is 7.31. The molecule has 0 amide bonds. The van der Waals surface area contributed by atoms with Gasteiger partial charge in [0, 0.05) is 7.11 Å².